The molecule has 35 heavy (non-hydrogen) atoms. The van der Waals surface area contributed by atoms with E-state index in [0.29, 0.717) is 30.5 Å². The molecule has 182 valence electrons. The van der Waals surface area contributed by atoms with Gasteiger partial charge in [-0.25, -0.2) is 14.2 Å². The molecule has 0 fully saturated rings. The number of benzene rings is 2. The molecule has 0 N–H and O–H groups in total. The van der Waals surface area contributed by atoms with Crippen LogP contribution < -0.4 is 4.74 Å². The van der Waals surface area contributed by atoms with Crippen LogP contribution in [0.5, 0.6) is 5.75 Å². The number of aromatic nitrogens is 1. The van der Waals surface area contributed by atoms with Gasteiger partial charge in [0.1, 0.15) is 23.9 Å². The van der Waals surface area contributed by atoms with Crippen molar-refractivity contribution in [1.82, 2.24) is 4.98 Å². The van der Waals surface area contributed by atoms with Gasteiger partial charge in [0.2, 0.25) is 0 Å². The maximum Gasteiger partial charge on any atom is 0.416 e. The number of halogens is 5. The number of ether oxygens (including phenoxy) is 2. The Bertz CT molecular complexity index is 1300. The number of pyridine rings is 1. The first-order valence-corrected chi connectivity index (χ1v) is 11.1. The van der Waals surface area contributed by atoms with E-state index in [2.05, 4.69) is 4.98 Å². The second kappa shape index (κ2) is 10.1. The minimum atomic E-state index is -4.56. The Balaban J connectivity index is 1.78. The van der Waals surface area contributed by atoms with Crippen LogP contribution in [-0.4, -0.2) is 18.1 Å². The van der Waals surface area contributed by atoms with E-state index in [4.69, 9.17) is 21.1 Å². The van der Waals surface area contributed by atoms with Gasteiger partial charge >= 0.3 is 12.1 Å². The summed E-state index contributed by atoms with van der Waals surface area (Å²) in [6.07, 6.45) is -2.81. The number of esters is 1. The first-order chi connectivity index (χ1) is 16.7. The van der Waals surface area contributed by atoms with Crippen molar-refractivity contribution in [1.29, 1.82) is 0 Å². The van der Waals surface area contributed by atoms with Crippen LogP contribution in [0, 0.1) is 5.82 Å². The molecule has 0 spiro atoms. The minimum absolute atomic E-state index is 0.0995. The Kier molecular flexibility index (Phi) is 7.12. The zero-order chi connectivity index (χ0) is 25.2. The molecule has 3 aromatic rings. The first-order valence-electron chi connectivity index (χ1n) is 10.7. The summed E-state index contributed by atoms with van der Waals surface area (Å²) in [6.45, 7) is -0.194. The number of carbonyl (C=O) groups excluding carboxylic acids is 1. The molecule has 1 aromatic heterocycles. The molecule has 0 radical (unpaired) electrons. The van der Waals surface area contributed by atoms with Crippen LogP contribution in [0.25, 0.3) is 11.1 Å². The predicted octanol–water partition coefficient (Wildman–Crippen LogP) is 7.35. The number of rotatable bonds is 6. The van der Waals surface area contributed by atoms with E-state index in [1.807, 2.05) is 0 Å². The summed E-state index contributed by atoms with van der Waals surface area (Å²) in [5, 5.41) is 0.226. The van der Waals surface area contributed by atoms with E-state index in [9.17, 15) is 22.4 Å². The highest BCUT2D eigenvalue weighted by atomic mass is 35.5. The van der Waals surface area contributed by atoms with Crippen molar-refractivity contribution in [2.75, 3.05) is 7.11 Å². The number of carbonyl (C=O) groups is 1. The fourth-order valence-corrected chi connectivity index (χ4v) is 4.17. The molecule has 0 bridgehead atoms. The Morgan fingerprint density at radius 1 is 1.06 bits per heavy atom. The van der Waals surface area contributed by atoms with Gasteiger partial charge in [-0.1, -0.05) is 23.7 Å². The van der Waals surface area contributed by atoms with Crippen molar-refractivity contribution < 1.29 is 31.8 Å². The molecule has 2 aromatic carbocycles. The molecule has 1 aliphatic carbocycles. The fourth-order valence-electron chi connectivity index (χ4n) is 4.01. The van der Waals surface area contributed by atoms with Crippen molar-refractivity contribution in [3.05, 3.63) is 93.5 Å². The molecule has 9 heteroatoms. The van der Waals surface area contributed by atoms with E-state index in [1.165, 1.54) is 31.4 Å². The molecule has 4 nitrogen and oxygen atoms in total. The van der Waals surface area contributed by atoms with Crippen molar-refractivity contribution >= 4 is 28.7 Å². The lowest BCUT2D eigenvalue weighted by molar-refractivity contribution is -0.137. The predicted molar refractivity (Wildman–Crippen MR) is 123 cm³/mol. The van der Waals surface area contributed by atoms with E-state index in [-0.39, 0.29) is 34.2 Å². The molecule has 0 saturated carbocycles. The van der Waals surface area contributed by atoms with E-state index < -0.39 is 23.5 Å². The van der Waals surface area contributed by atoms with Gasteiger partial charge in [-0.3, -0.25) is 0 Å². The number of alkyl halides is 3. The summed E-state index contributed by atoms with van der Waals surface area (Å²) in [6, 6.07) is 12.2. The third-order valence-electron chi connectivity index (χ3n) is 5.70. The number of methoxy groups -OCH3 is 1. The maximum absolute atomic E-state index is 14.2. The van der Waals surface area contributed by atoms with Gasteiger partial charge in [-0.15, -0.1) is 0 Å². The highest BCUT2D eigenvalue weighted by Gasteiger charge is 2.32. The quantitative estimate of drug-likeness (QED) is 0.259. The lowest BCUT2D eigenvalue weighted by Crippen LogP contribution is -2.08. The normalized spacial score (nSPS) is 13.8. The van der Waals surface area contributed by atoms with Crippen LogP contribution in [0.4, 0.5) is 17.6 Å². The Labute approximate surface area is 204 Å². The van der Waals surface area contributed by atoms with Crippen molar-refractivity contribution in [2.45, 2.75) is 32.0 Å². The van der Waals surface area contributed by atoms with Gasteiger partial charge in [0.05, 0.1) is 18.4 Å². The van der Waals surface area contributed by atoms with Crippen LogP contribution in [0.3, 0.4) is 0 Å². The van der Waals surface area contributed by atoms with Gasteiger partial charge in [-0.05, 0) is 72.9 Å². The van der Waals surface area contributed by atoms with E-state index >= 15 is 0 Å². The largest absolute Gasteiger partial charge is 0.488 e. The minimum Gasteiger partial charge on any atom is -0.488 e. The summed E-state index contributed by atoms with van der Waals surface area (Å²) < 4.78 is 65.4. The number of hydrogen-bond acceptors (Lipinski definition) is 4. The van der Waals surface area contributed by atoms with Crippen LogP contribution in [0.2, 0.25) is 5.02 Å². The average molecular weight is 506 g/mol. The molecule has 4 rings (SSSR count). The molecule has 1 aliphatic rings. The molecule has 0 unspecified atom stereocenters. The average Bonchev–Trinajstić information content (AvgIpc) is 3.32. The second-order valence-corrected chi connectivity index (χ2v) is 8.38. The zero-order valence-electron chi connectivity index (χ0n) is 18.6. The fraction of sp³-hybridized carbons (Fsp3) is 0.231. The molecule has 0 atom stereocenters. The van der Waals surface area contributed by atoms with Crippen LogP contribution in [0.15, 0.2) is 54.6 Å². The maximum atomic E-state index is 14.2. The lowest BCUT2D eigenvalue weighted by Gasteiger charge is -2.17. The van der Waals surface area contributed by atoms with Crippen LogP contribution in [-0.2, 0) is 17.5 Å². The number of nitrogens with zero attached hydrogens (tertiary/aromatic N) is 1. The number of hydrogen-bond donors (Lipinski definition) is 0. The molecule has 1 heterocycles. The zero-order valence-corrected chi connectivity index (χ0v) is 19.3. The molecule has 0 amide bonds. The lowest BCUT2D eigenvalue weighted by atomic mass is 9.97. The van der Waals surface area contributed by atoms with Gasteiger partial charge in [0.15, 0.2) is 0 Å². The van der Waals surface area contributed by atoms with E-state index in [1.54, 1.807) is 12.1 Å². The standard InChI is InChI=1S/C26H20ClF4NO3/c1-34-25(33)23-7-3-6-22(32-23)19-5-2-4-18(19)20-12-16(26(29,30)31)9-11-24(20)35-14-15-8-10-17(27)13-21(15)28/h3,6-13H,2,4-5,14H2,1H3. The molecular weight excluding hydrogens is 486 g/mol. The summed E-state index contributed by atoms with van der Waals surface area (Å²) >= 11 is 5.79. The summed E-state index contributed by atoms with van der Waals surface area (Å²) in [5.41, 5.74) is 1.58. The van der Waals surface area contributed by atoms with Crippen LogP contribution in [0.1, 0.15) is 52.1 Å². The third-order valence-corrected chi connectivity index (χ3v) is 5.94. The van der Waals surface area contributed by atoms with Crippen LogP contribution >= 0.6 is 11.6 Å². The van der Waals surface area contributed by atoms with Crippen molar-refractivity contribution in [2.24, 2.45) is 0 Å². The third kappa shape index (κ3) is 5.48. The topological polar surface area (TPSA) is 48.4 Å². The second-order valence-electron chi connectivity index (χ2n) is 7.94. The molecule has 0 aliphatic heterocycles. The summed E-state index contributed by atoms with van der Waals surface area (Å²) in [4.78, 5) is 16.3. The Morgan fingerprint density at radius 3 is 2.54 bits per heavy atom. The van der Waals surface area contributed by atoms with Crippen molar-refractivity contribution in [3.8, 4) is 5.75 Å². The van der Waals surface area contributed by atoms with Gasteiger partial charge < -0.3 is 9.47 Å². The molecular formula is C26H20ClF4NO3. The Hall–Kier alpha value is -3.39. The highest BCUT2D eigenvalue weighted by Crippen LogP contribution is 2.44. The number of allylic oxidation sites excluding steroid dienone is 2. The smallest absolute Gasteiger partial charge is 0.416 e. The monoisotopic (exact) mass is 505 g/mol. The SMILES string of the molecule is COC(=O)c1cccc(C2=C(c3cc(C(F)(F)F)ccc3OCc3ccc(Cl)cc3F)CCC2)n1. The Morgan fingerprint density at radius 2 is 1.83 bits per heavy atom. The first kappa shape index (κ1) is 24.7. The summed E-state index contributed by atoms with van der Waals surface area (Å²) in [5.74, 6) is -0.999. The van der Waals surface area contributed by atoms with Gasteiger partial charge in [-0.2, -0.15) is 13.2 Å². The van der Waals surface area contributed by atoms with Gasteiger partial charge in [0.25, 0.3) is 0 Å². The molecule has 0 saturated heterocycles. The van der Waals surface area contributed by atoms with Crippen molar-refractivity contribution in [3.63, 3.8) is 0 Å². The summed E-state index contributed by atoms with van der Waals surface area (Å²) in [7, 11) is 1.24. The highest BCUT2D eigenvalue weighted by molar-refractivity contribution is 6.30. The van der Waals surface area contributed by atoms with E-state index in [0.717, 1.165) is 23.8 Å². The van der Waals surface area contributed by atoms with Gasteiger partial charge in [0, 0.05) is 16.1 Å².